The molecule has 1 aromatic carbocycles. The van der Waals surface area contributed by atoms with Crippen LogP contribution >= 0.6 is 0 Å². The van der Waals surface area contributed by atoms with Gasteiger partial charge in [-0.3, -0.25) is 9.59 Å². The van der Waals surface area contributed by atoms with E-state index in [-0.39, 0.29) is 17.5 Å². The molecule has 2 rings (SSSR count). The van der Waals surface area contributed by atoms with Crippen molar-refractivity contribution in [3.8, 4) is 0 Å². The SMILES string of the molecule is CC(=O)Nc1ccc(NC(=O)c2cnc(NCCN(C)C)cn2)cc1. The predicted molar refractivity (Wildman–Crippen MR) is 97.8 cm³/mol. The zero-order chi connectivity index (χ0) is 18.2. The molecule has 25 heavy (non-hydrogen) atoms. The highest BCUT2D eigenvalue weighted by atomic mass is 16.2. The topological polar surface area (TPSA) is 99.2 Å². The van der Waals surface area contributed by atoms with Gasteiger partial charge in [0, 0.05) is 31.4 Å². The number of aromatic nitrogens is 2. The lowest BCUT2D eigenvalue weighted by molar-refractivity contribution is -0.114. The number of carbonyl (C=O) groups is 2. The quantitative estimate of drug-likeness (QED) is 0.708. The second-order valence-corrected chi connectivity index (χ2v) is 5.73. The van der Waals surface area contributed by atoms with Crippen LogP contribution < -0.4 is 16.0 Å². The van der Waals surface area contributed by atoms with Gasteiger partial charge in [0.2, 0.25) is 5.91 Å². The lowest BCUT2D eigenvalue weighted by Crippen LogP contribution is -2.21. The van der Waals surface area contributed by atoms with Crippen molar-refractivity contribution in [1.29, 1.82) is 0 Å². The summed E-state index contributed by atoms with van der Waals surface area (Å²) in [4.78, 5) is 33.5. The number of amides is 2. The van der Waals surface area contributed by atoms with E-state index in [1.165, 1.54) is 19.3 Å². The third-order valence-corrected chi connectivity index (χ3v) is 3.21. The smallest absolute Gasteiger partial charge is 0.275 e. The van der Waals surface area contributed by atoms with Gasteiger partial charge in [-0.25, -0.2) is 9.97 Å². The van der Waals surface area contributed by atoms with Crippen LogP contribution in [0, 0.1) is 0 Å². The number of hydrogen-bond acceptors (Lipinski definition) is 6. The van der Waals surface area contributed by atoms with Crippen molar-refractivity contribution in [1.82, 2.24) is 14.9 Å². The minimum atomic E-state index is -0.348. The molecular weight excluding hydrogens is 320 g/mol. The maximum absolute atomic E-state index is 12.2. The first-order valence-electron chi connectivity index (χ1n) is 7.83. The van der Waals surface area contributed by atoms with Crippen molar-refractivity contribution in [2.45, 2.75) is 6.92 Å². The van der Waals surface area contributed by atoms with E-state index in [0.717, 1.165) is 13.1 Å². The Labute approximate surface area is 146 Å². The van der Waals surface area contributed by atoms with Gasteiger partial charge in [-0.2, -0.15) is 0 Å². The first-order chi connectivity index (χ1) is 11.9. The Balaban J connectivity index is 1.90. The maximum Gasteiger partial charge on any atom is 0.275 e. The van der Waals surface area contributed by atoms with E-state index in [1.807, 2.05) is 14.1 Å². The molecule has 1 heterocycles. The lowest BCUT2D eigenvalue weighted by Gasteiger charge is -2.10. The number of anilines is 3. The van der Waals surface area contributed by atoms with Gasteiger partial charge >= 0.3 is 0 Å². The van der Waals surface area contributed by atoms with Crippen LogP contribution in [0.5, 0.6) is 0 Å². The van der Waals surface area contributed by atoms with E-state index in [0.29, 0.717) is 17.2 Å². The summed E-state index contributed by atoms with van der Waals surface area (Å²) < 4.78 is 0. The average Bonchev–Trinajstić information content (AvgIpc) is 2.56. The second-order valence-electron chi connectivity index (χ2n) is 5.73. The van der Waals surface area contributed by atoms with Gasteiger partial charge in [-0.05, 0) is 38.4 Å². The summed E-state index contributed by atoms with van der Waals surface area (Å²) >= 11 is 0. The van der Waals surface area contributed by atoms with Crippen LogP contribution in [0.4, 0.5) is 17.2 Å². The molecule has 0 unspecified atom stereocenters. The highest BCUT2D eigenvalue weighted by Crippen LogP contribution is 2.14. The fourth-order valence-electron chi connectivity index (χ4n) is 1.98. The molecule has 0 bridgehead atoms. The summed E-state index contributed by atoms with van der Waals surface area (Å²) in [5.41, 5.74) is 1.50. The number of benzene rings is 1. The van der Waals surface area contributed by atoms with Gasteiger partial charge in [0.05, 0.1) is 12.4 Å². The number of nitrogens with one attached hydrogen (secondary N) is 3. The summed E-state index contributed by atoms with van der Waals surface area (Å²) in [6.07, 6.45) is 2.96. The number of likely N-dealkylation sites (N-methyl/N-ethyl adjacent to an activating group) is 1. The summed E-state index contributed by atoms with van der Waals surface area (Å²) in [6, 6.07) is 6.82. The molecule has 2 aromatic rings. The predicted octanol–water partition coefficient (Wildman–Crippen LogP) is 1.66. The van der Waals surface area contributed by atoms with Gasteiger partial charge in [0.15, 0.2) is 0 Å². The third kappa shape index (κ3) is 6.19. The van der Waals surface area contributed by atoms with Crippen LogP contribution in [0.1, 0.15) is 17.4 Å². The van der Waals surface area contributed by atoms with Gasteiger partial charge in [-0.15, -0.1) is 0 Å². The second kappa shape index (κ2) is 8.74. The van der Waals surface area contributed by atoms with Gasteiger partial charge in [0.25, 0.3) is 5.91 Å². The summed E-state index contributed by atoms with van der Waals surface area (Å²) in [5, 5.41) is 8.53. The molecule has 2 amide bonds. The standard InChI is InChI=1S/C17H22N6O2/c1-12(24)21-13-4-6-14(7-5-13)22-17(25)15-10-20-16(11-19-15)18-8-9-23(2)3/h4-7,10-11H,8-9H2,1-3H3,(H,18,20)(H,21,24)(H,22,25). The van der Waals surface area contributed by atoms with E-state index >= 15 is 0 Å². The average molecular weight is 342 g/mol. The highest BCUT2D eigenvalue weighted by Gasteiger charge is 2.08. The van der Waals surface area contributed by atoms with E-state index < -0.39 is 0 Å². The summed E-state index contributed by atoms with van der Waals surface area (Å²) in [5.74, 6) is 0.129. The molecule has 0 fully saturated rings. The van der Waals surface area contributed by atoms with Crippen molar-refractivity contribution in [2.75, 3.05) is 43.1 Å². The fourth-order valence-corrected chi connectivity index (χ4v) is 1.98. The van der Waals surface area contributed by atoms with Gasteiger partial charge in [0.1, 0.15) is 11.5 Å². The number of rotatable bonds is 7. The third-order valence-electron chi connectivity index (χ3n) is 3.21. The van der Waals surface area contributed by atoms with Crippen molar-refractivity contribution in [3.05, 3.63) is 42.4 Å². The first-order valence-corrected chi connectivity index (χ1v) is 7.83. The van der Waals surface area contributed by atoms with Crippen LogP contribution in [-0.4, -0.2) is 53.9 Å². The largest absolute Gasteiger partial charge is 0.368 e. The van der Waals surface area contributed by atoms with Crippen molar-refractivity contribution < 1.29 is 9.59 Å². The molecule has 0 saturated carbocycles. The molecule has 0 atom stereocenters. The molecule has 0 aliphatic heterocycles. The minimum absolute atomic E-state index is 0.147. The van der Waals surface area contributed by atoms with Gasteiger partial charge < -0.3 is 20.9 Å². The van der Waals surface area contributed by atoms with Crippen LogP contribution in [-0.2, 0) is 4.79 Å². The maximum atomic E-state index is 12.2. The molecule has 0 radical (unpaired) electrons. The van der Waals surface area contributed by atoms with E-state index in [2.05, 4.69) is 30.8 Å². The zero-order valence-corrected chi connectivity index (χ0v) is 14.5. The lowest BCUT2D eigenvalue weighted by atomic mass is 10.2. The molecule has 0 aliphatic rings. The monoisotopic (exact) mass is 342 g/mol. The van der Waals surface area contributed by atoms with Crippen molar-refractivity contribution in [2.24, 2.45) is 0 Å². The Hall–Kier alpha value is -3.00. The van der Waals surface area contributed by atoms with Crippen molar-refractivity contribution in [3.63, 3.8) is 0 Å². The van der Waals surface area contributed by atoms with E-state index in [1.54, 1.807) is 24.3 Å². The highest BCUT2D eigenvalue weighted by molar-refractivity contribution is 6.02. The Kier molecular flexibility index (Phi) is 6.41. The normalized spacial score (nSPS) is 10.4. The summed E-state index contributed by atoms with van der Waals surface area (Å²) in [7, 11) is 3.98. The summed E-state index contributed by atoms with van der Waals surface area (Å²) in [6.45, 7) is 3.06. The molecule has 8 heteroatoms. The number of hydrogen-bond donors (Lipinski definition) is 3. The van der Waals surface area contributed by atoms with Crippen LogP contribution in [0.2, 0.25) is 0 Å². The molecule has 8 nitrogen and oxygen atoms in total. The number of nitrogens with zero attached hydrogens (tertiary/aromatic N) is 3. The number of carbonyl (C=O) groups excluding carboxylic acids is 2. The molecule has 132 valence electrons. The van der Waals surface area contributed by atoms with Crippen molar-refractivity contribution >= 4 is 29.0 Å². The van der Waals surface area contributed by atoms with Crippen LogP contribution in [0.25, 0.3) is 0 Å². The Bertz CT molecular complexity index is 713. The fraction of sp³-hybridized carbons (Fsp3) is 0.294. The zero-order valence-electron chi connectivity index (χ0n) is 14.5. The molecule has 1 aromatic heterocycles. The minimum Gasteiger partial charge on any atom is -0.368 e. The van der Waals surface area contributed by atoms with Crippen LogP contribution in [0.3, 0.4) is 0 Å². The molecule has 0 saturated heterocycles. The molecule has 3 N–H and O–H groups in total. The Morgan fingerprint density at radius 2 is 1.64 bits per heavy atom. The Morgan fingerprint density at radius 1 is 1.00 bits per heavy atom. The Morgan fingerprint density at radius 3 is 2.16 bits per heavy atom. The molecule has 0 spiro atoms. The van der Waals surface area contributed by atoms with E-state index in [4.69, 9.17) is 0 Å². The van der Waals surface area contributed by atoms with Gasteiger partial charge in [-0.1, -0.05) is 0 Å². The first kappa shape index (κ1) is 18.3. The molecular formula is C17H22N6O2. The van der Waals surface area contributed by atoms with Crippen LogP contribution in [0.15, 0.2) is 36.7 Å². The van der Waals surface area contributed by atoms with E-state index in [9.17, 15) is 9.59 Å². The molecule has 0 aliphatic carbocycles.